The van der Waals surface area contributed by atoms with Crippen molar-refractivity contribution < 1.29 is 14.2 Å². The molecular weight excluding hydrogens is 330 g/mol. The van der Waals surface area contributed by atoms with Crippen molar-refractivity contribution in [1.29, 1.82) is 0 Å². The topological polar surface area (TPSA) is 59.6 Å². The van der Waals surface area contributed by atoms with Crippen LogP contribution in [0.4, 0.5) is 0 Å². The van der Waals surface area contributed by atoms with Crippen LogP contribution in [0.1, 0.15) is 49.2 Å². The number of rotatable bonds is 5. The third-order valence-electron chi connectivity index (χ3n) is 5.22. The van der Waals surface area contributed by atoms with Crippen molar-refractivity contribution in [3.63, 3.8) is 0 Å². The van der Waals surface area contributed by atoms with Crippen LogP contribution in [0.3, 0.4) is 0 Å². The quantitative estimate of drug-likeness (QED) is 0.889. The monoisotopic (exact) mass is 357 g/mol. The third kappa shape index (κ3) is 3.14. The number of aromatic nitrogens is 2. The first-order valence-electron chi connectivity index (χ1n) is 9.55. The van der Waals surface area contributed by atoms with Crippen LogP contribution in [0.5, 0.6) is 17.2 Å². The summed E-state index contributed by atoms with van der Waals surface area (Å²) in [6.07, 6.45) is 6.04. The molecule has 0 radical (unpaired) electrons. The van der Waals surface area contributed by atoms with E-state index in [1.165, 1.54) is 18.5 Å². The van der Waals surface area contributed by atoms with E-state index in [1.807, 2.05) is 6.07 Å². The number of fused-ring (bicyclic) bond motifs is 2. The number of H-pyrrole nitrogens is 1. The van der Waals surface area contributed by atoms with Crippen molar-refractivity contribution in [2.24, 2.45) is 0 Å². The summed E-state index contributed by atoms with van der Waals surface area (Å²) < 4.78 is 17.5. The fourth-order valence-corrected chi connectivity index (χ4v) is 3.87. The van der Waals surface area contributed by atoms with Crippen molar-refractivity contribution in [1.82, 2.24) is 14.9 Å². The minimum Gasteiger partial charge on any atom is -0.496 e. The Kier molecular flexibility index (Phi) is 5.02. The first kappa shape index (κ1) is 17.2. The Morgan fingerprint density at radius 2 is 2.08 bits per heavy atom. The Labute approximate surface area is 154 Å². The van der Waals surface area contributed by atoms with Crippen molar-refractivity contribution in [2.45, 2.75) is 38.6 Å². The molecular formula is C20H27N3O3. The molecule has 6 nitrogen and oxygen atoms in total. The number of benzene rings is 1. The van der Waals surface area contributed by atoms with E-state index in [0.29, 0.717) is 13.2 Å². The van der Waals surface area contributed by atoms with Crippen molar-refractivity contribution in [3.8, 4) is 17.2 Å². The lowest BCUT2D eigenvalue weighted by molar-refractivity contribution is 0.202. The summed E-state index contributed by atoms with van der Waals surface area (Å²) in [5.74, 6) is 2.40. The van der Waals surface area contributed by atoms with E-state index in [2.05, 4.69) is 27.9 Å². The van der Waals surface area contributed by atoms with Crippen molar-refractivity contribution >= 4 is 0 Å². The maximum atomic E-state index is 5.94. The Bertz CT molecular complexity index is 759. The maximum Gasteiger partial charge on any atom is 0.164 e. The summed E-state index contributed by atoms with van der Waals surface area (Å²) in [7, 11) is 1.72. The normalized spacial score (nSPS) is 19.7. The lowest BCUT2D eigenvalue weighted by atomic mass is 9.94. The van der Waals surface area contributed by atoms with E-state index in [0.717, 1.165) is 54.4 Å². The number of hydrogen-bond donors (Lipinski definition) is 1. The van der Waals surface area contributed by atoms with Gasteiger partial charge in [-0.05, 0) is 19.0 Å². The maximum absolute atomic E-state index is 5.94. The van der Waals surface area contributed by atoms with E-state index in [9.17, 15) is 0 Å². The number of nitrogens with zero attached hydrogens (tertiary/aromatic N) is 2. The van der Waals surface area contributed by atoms with Crippen LogP contribution >= 0.6 is 0 Å². The largest absolute Gasteiger partial charge is 0.496 e. The van der Waals surface area contributed by atoms with E-state index in [-0.39, 0.29) is 6.04 Å². The van der Waals surface area contributed by atoms with E-state index in [4.69, 9.17) is 14.2 Å². The van der Waals surface area contributed by atoms with Crippen LogP contribution in [-0.2, 0) is 6.42 Å². The fourth-order valence-electron chi connectivity index (χ4n) is 3.87. The smallest absolute Gasteiger partial charge is 0.164 e. The molecule has 1 atom stereocenters. The zero-order valence-electron chi connectivity index (χ0n) is 15.6. The second kappa shape index (κ2) is 7.58. The molecule has 3 heterocycles. The van der Waals surface area contributed by atoms with Gasteiger partial charge in [-0.1, -0.05) is 13.3 Å². The number of hydrogen-bond acceptors (Lipinski definition) is 5. The van der Waals surface area contributed by atoms with Gasteiger partial charge < -0.3 is 19.2 Å². The standard InChI is InChI=1S/C20H27N3O3/c1-3-4-7-23-8-6-15-19(22-13-21-15)20(23)14-11-17-18(12-16(14)24-2)26-10-5-9-25-17/h11-13,20H,3-10H2,1-2H3,(H,21,22). The molecule has 1 unspecified atom stereocenters. The van der Waals surface area contributed by atoms with Crippen LogP contribution in [0.2, 0.25) is 0 Å². The van der Waals surface area contributed by atoms with Crippen LogP contribution < -0.4 is 14.2 Å². The molecule has 26 heavy (non-hydrogen) atoms. The highest BCUT2D eigenvalue weighted by atomic mass is 16.5. The Hall–Kier alpha value is -2.21. The molecule has 0 spiro atoms. The molecule has 0 bridgehead atoms. The van der Waals surface area contributed by atoms with Gasteiger partial charge in [0.1, 0.15) is 5.75 Å². The first-order chi connectivity index (χ1) is 12.8. The second-order valence-corrected chi connectivity index (χ2v) is 6.90. The highest BCUT2D eigenvalue weighted by molar-refractivity contribution is 5.54. The molecule has 6 heteroatoms. The summed E-state index contributed by atoms with van der Waals surface area (Å²) >= 11 is 0. The van der Waals surface area contributed by atoms with Gasteiger partial charge in [0, 0.05) is 36.7 Å². The molecule has 0 amide bonds. The number of aromatic amines is 1. The van der Waals surface area contributed by atoms with Gasteiger partial charge in [-0.25, -0.2) is 4.98 Å². The van der Waals surface area contributed by atoms with Gasteiger partial charge >= 0.3 is 0 Å². The van der Waals surface area contributed by atoms with E-state index < -0.39 is 0 Å². The Balaban J connectivity index is 1.79. The van der Waals surface area contributed by atoms with Crippen LogP contribution in [-0.4, -0.2) is 48.3 Å². The van der Waals surface area contributed by atoms with Gasteiger partial charge in [0.05, 0.1) is 38.4 Å². The molecule has 0 saturated heterocycles. The van der Waals surface area contributed by atoms with E-state index >= 15 is 0 Å². The lowest BCUT2D eigenvalue weighted by Crippen LogP contribution is -2.37. The second-order valence-electron chi connectivity index (χ2n) is 6.90. The highest BCUT2D eigenvalue weighted by Crippen LogP contribution is 2.44. The first-order valence-corrected chi connectivity index (χ1v) is 9.55. The van der Waals surface area contributed by atoms with Gasteiger partial charge in [0.2, 0.25) is 0 Å². The van der Waals surface area contributed by atoms with Gasteiger partial charge in [0.25, 0.3) is 0 Å². The Morgan fingerprint density at radius 3 is 2.85 bits per heavy atom. The minimum absolute atomic E-state index is 0.0728. The van der Waals surface area contributed by atoms with Gasteiger partial charge in [-0.2, -0.15) is 0 Å². The molecule has 0 aliphatic carbocycles. The molecule has 2 aliphatic rings. The fraction of sp³-hybridized carbons (Fsp3) is 0.550. The van der Waals surface area contributed by atoms with E-state index in [1.54, 1.807) is 13.4 Å². The number of unbranched alkanes of at least 4 members (excludes halogenated alkanes) is 1. The molecule has 2 aromatic rings. The number of methoxy groups -OCH3 is 1. The molecule has 4 rings (SSSR count). The van der Waals surface area contributed by atoms with Gasteiger partial charge in [-0.3, -0.25) is 4.90 Å². The molecule has 1 N–H and O–H groups in total. The summed E-state index contributed by atoms with van der Waals surface area (Å²) in [4.78, 5) is 10.5. The summed E-state index contributed by atoms with van der Waals surface area (Å²) in [5.41, 5.74) is 3.41. The van der Waals surface area contributed by atoms with Crippen LogP contribution in [0.15, 0.2) is 18.5 Å². The van der Waals surface area contributed by atoms with Crippen molar-refractivity contribution in [3.05, 3.63) is 35.4 Å². The third-order valence-corrected chi connectivity index (χ3v) is 5.22. The lowest BCUT2D eigenvalue weighted by Gasteiger charge is -2.36. The zero-order valence-corrected chi connectivity index (χ0v) is 15.6. The van der Waals surface area contributed by atoms with Crippen molar-refractivity contribution in [2.75, 3.05) is 33.4 Å². The highest BCUT2D eigenvalue weighted by Gasteiger charge is 2.33. The summed E-state index contributed by atoms with van der Waals surface area (Å²) in [6, 6.07) is 4.13. The van der Waals surface area contributed by atoms with Gasteiger partial charge in [0.15, 0.2) is 11.5 Å². The number of ether oxygens (including phenoxy) is 3. The SMILES string of the molecule is CCCCN1CCc2[nH]cnc2C1c1cc2c(cc1OC)OCCCO2. The van der Waals surface area contributed by atoms with Crippen LogP contribution in [0.25, 0.3) is 0 Å². The average Bonchev–Trinajstić information content (AvgIpc) is 3.03. The average molecular weight is 357 g/mol. The number of imidazole rings is 1. The molecule has 2 aliphatic heterocycles. The molecule has 0 fully saturated rings. The zero-order chi connectivity index (χ0) is 17.9. The summed E-state index contributed by atoms with van der Waals surface area (Å²) in [5, 5.41) is 0. The van der Waals surface area contributed by atoms with Crippen LogP contribution in [0, 0.1) is 0 Å². The predicted octanol–water partition coefficient (Wildman–Crippen LogP) is 3.33. The minimum atomic E-state index is 0.0728. The molecule has 1 aromatic heterocycles. The molecule has 0 saturated carbocycles. The molecule has 140 valence electrons. The molecule has 1 aromatic carbocycles. The summed E-state index contributed by atoms with van der Waals surface area (Å²) in [6.45, 7) is 5.64. The van der Waals surface area contributed by atoms with Gasteiger partial charge in [-0.15, -0.1) is 0 Å². The Morgan fingerprint density at radius 1 is 1.27 bits per heavy atom. The number of nitrogens with one attached hydrogen (secondary N) is 1. The predicted molar refractivity (Wildman–Crippen MR) is 99.2 cm³/mol.